The van der Waals surface area contributed by atoms with Crippen molar-refractivity contribution >= 4 is 23.5 Å². The number of carbonyl (C=O) groups excluding carboxylic acids is 2. The van der Waals surface area contributed by atoms with Gasteiger partial charge in [-0.2, -0.15) is 0 Å². The number of esters is 1. The summed E-state index contributed by atoms with van der Waals surface area (Å²) in [6.45, 7) is 3.36. The number of halogens is 1. The average Bonchev–Trinajstić information content (AvgIpc) is 2.95. The van der Waals surface area contributed by atoms with E-state index < -0.39 is 12.0 Å². The molecule has 1 saturated heterocycles. The summed E-state index contributed by atoms with van der Waals surface area (Å²) in [5, 5.41) is 3.64. The molecule has 39 heavy (non-hydrogen) atoms. The molecule has 0 radical (unpaired) electrons. The number of hydrogen-bond acceptors (Lipinski definition) is 4. The zero-order chi connectivity index (χ0) is 27.2. The number of ether oxygens (including phenoxy) is 1. The van der Waals surface area contributed by atoms with Gasteiger partial charge >= 0.3 is 5.97 Å². The molecule has 0 bridgehead atoms. The van der Waals surface area contributed by atoms with Crippen LogP contribution in [0.2, 0.25) is 5.02 Å². The number of amides is 1. The Labute approximate surface area is 234 Å². The molecule has 1 aliphatic heterocycles. The molecule has 1 amide bonds. The zero-order valence-corrected chi connectivity index (χ0v) is 22.6. The van der Waals surface area contributed by atoms with Crippen molar-refractivity contribution in [2.24, 2.45) is 5.92 Å². The lowest BCUT2D eigenvalue weighted by Gasteiger charge is -2.47. The average molecular weight is 539 g/mol. The number of hydrogen-bond donors (Lipinski definition) is 1. The summed E-state index contributed by atoms with van der Waals surface area (Å²) in [6, 6.07) is 35.0. The first-order chi connectivity index (χ1) is 19.0. The zero-order valence-electron chi connectivity index (χ0n) is 21.8. The summed E-state index contributed by atoms with van der Waals surface area (Å²) in [5.41, 5.74) is 4.87. The lowest BCUT2D eigenvalue weighted by Crippen LogP contribution is -2.60. The fourth-order valence-electron chi connectivity index (χ4n) is 5.14. The van der Waals surface area contributed by atoms with Gasteiger partial charge in [0, 0.05) is 29.6 Å². The fraction of sp³-hybridized carbons (Fsp3) is 0.212. The first kappa shape index (κ1) is 26.7. The summed E-state index contributed by atoms with van der Waals surface area (Å²) in [7, 11) is 0. The summed E-state index contributed by atoms with van der Waals surface area (Å²) < 4.78 is 5.37. The number of nitrogens with one attached hydrogen (secondary N) is 1. The Bertz CT molecular complexity index is 1350. The van der Waals surface area contributed by atoms with Gasteiger partial charge in [0.1, 0.15) is 6.04 Å². The minimum absolute atomic E-state index is 0.0590. The first-order valence-corrected chi connectivity index (χ1v) is 13.6. The number of nitrogens with zero attached hydrogens (tertiary/aromatic N) is 1. The summed E-state index contributed by atoms with van der Waals surface area (Å²) in [5.74, 6) is -0.752. The van der Waals surface area contributed by atoms with Crippen LogP contribution in [0, 0.1) is 5.92 Å². The topological polar surface area (TPSA) is 58.6 Å². The molecular formula is C33H31ClN2O3. The molecule has 0 saturated carbocycles. The minimum Gasteiger partial charge on any atom is -0.464 e. The van der Waals surface area contributed by atoms with E-state index in [0.717, 1.165) is 11.1 Å². The van der Waals surface area contributed by atoms with E-state index in [1.807, 2.05) is 72.8 Å². The van der Waals surface area contributed by atoms with Crippen molar-refractivity contribution < 1.29 is 14.3 Å². The maximum Gasteiger partial charge on any atom is 0.329 e. The Morgan fingerprint density at radius 2 is 1.33 bits per heavy atom. The van der Waals surface area contributed by atoms with Gasteiger partial charge in [-0.25, -0.2) is 4.79 Å². The van der Waals surface area contributed by atoms with Gasteiger partial charge in [-0.1, -0.05) is 96.5 Å². The Morgan fingerprint density at radius 3 is 1.85 bits per heavy atom. The van der Waals surface area contributed by atoms with Crippen molar-refractivity contribution in [2.75, 3.05) is 19.7 Å². The van der Waals surface area contributed by atoms with Crippen LogP contribution in [0.5, 0.6) is 0 Å². The normalized spacial score (nSPS) is 14.4. The highest BCUT2D eigenvalue weighted by Gasteiger charge is 2.42. The molecule has 0 aromatic heterocycles. The van der Waals surface area contributed by atoms with E-state index in [-0.39, 0.29) is 24.5 Å². The molecular weight excluding hydrogens is 508 g/mol. The number of carbonyl (C=O) groups is 2. The van der Waals surface area contributed by atoms with E-state index in [1.54, 1.807) is 19.1 Å². The lowest BCUT2D eigenvalue weighted by molar-refractivity contribution is -0.149. The van der Waals surface area contributed by atoms with Gasteiger partial charge in [-0.15, -0.1) is 0 Å². The molecule has 1 atom stereocenters. The molecule has 5 nitrogen and oxygen atoms in total. The molecule has 1 N–H and O–H groups in total. The van der Waals surface area contributed by atoms with Gasteiger partial charge in [-0.05, 0) is 53.4 Å². The highest BCUT2D eigenvalue weighted by molar-refractivity contribution is 6.30. The van der Waals surface area contributed by atoms with Gasteiger partial charge in [0.2, 0.25) is 0 Å². The van der Waals surface area contributed by atoms with E-state index in [1.165, 1.54) is 11.1 Å². The fourth-order valence-corrected chi connectivity index (χ4v) is 5.26. The highest BCUT2D eigenvalue weighted by atomic mass is 35.5. The molecule has 0 spiro atoms. The minimum atomic E-state index is -0.725. The van der Waals surface area contributed by atoms with Crippen LogP contribution in [0.15, 0.2) is 109 Å². The summed E-state index contributed by atoms with van der Waals surface area (Å²) in [4.78, 5) is 28.5. The lowest BCUT2D eigenvalue weighted by atomic mass is 9.86. The van der Waals surface area contributed by atoms with Gasteiger partial charge in [0.05, 0.1) is 12.6 Å². The van der Waals surface area contributed by atoms with Gasteiger partial charge in [0.15, 0.2) is 0 Å². The Morgan fingerprint density at radius 1 is 0.821 bits per heavy atom. The third-order valence-electron chi connectivity index (χ3n) is 7.16. The van der Waals surface area contributed by atoms with E-state index in [9.17, 15) is 9.59 Å². The second-order valence-corrected chi connectivity index (χ2v) is 10.2. The van der Waals surface area contributed by atoms with Crippen molar-refractivity contribution in [1.82, 2.24) is 10.2 Å². The molecule has 6 heteroatoms. The first-order valence-electron chi connectivity index (χ1n) is 13.2. The van der Waals surface area contributed by atoms with Crippen molar-refractivity contribution in [3.63, 3.8) is 0 Å². The second-order valence-electron chi connectivity index (χ2n) is 9.73. The molecule has 198 valence electrons. The Hall–Kier alpha value is -3.93. The summed E-state index contributed by atoms with van der Waals surface area (Å²) in [6.07, 6.45) is 0. The Kier molecular flexibility index (Phi) is 8.40. The van der Waals surface area contributed by atoms with Crippen molar-refractivity contribution in [3.05, 3.63) is 131 Å². The van der Waals surface area contributed by atoms with E-state index in [4.69, 9.17) is 16.3 Å². The van der Waals surface area contributed by atoms with Gasteiger partial charge < -0.3 is 10.1 Å². The van der Waals surface area contributed by atoms with E-state index in [0.29, 0.717) is 23.7 Å². The maximum atomic E-state index is 13.2. The third-order valence-corrected chi connectivity index (χ3v) is 7.41. The van der Waals surface area contributed by atoms with Crippen LogP contribution in [0.3, 0.4) is 0 Å². The molecule has 1 heterocycles. The molecule has 4 aromatic carbocycles. The SMILES string of the molecule is CCOC(=O)C(NC(=O)c1ccc(-c2ccc(Cl)cc2)cc1)C1CN(C(c2ccccc2)c2ccccc2)C1. The van der Waals surface area contributed by atoms with Crippen LogP contribution in [0.1, 0.15) is 34.5 Å². The number of likely N-dealkylation sites (tertiary alicyclic amines) is 1. The van der Waals surface area contributed by atoms with Crippen LogP contribution in [0.25, 0.3) is 11.1 Å². The predicted molar refractivity (Wildman–Crippen MR) is 155 cm³/mol. The van der Waals surface area contributed by atoms with Crippen LogP contribution < -0.4 is 5.32 Å². The monoisotopic (exact) mass is 538 g/mol. The molecule has 4 aromatic rings. The number of rotatable bonds is 9. The predicted octanol–water partition coefficient (Wildman–Crippen LogP) is 6.39. The van der Waals surface area contributed by atoms with E-state index >= 15 is 0 Å². The van der Waals surface area contributed by atoms with Gasteiger partial charge in [-0.3, -0.25) is 9.69 Å². The smallest absolute Gasteiger partial charge is 0.329 e. The van der Waals surface area contributed by atoms with Crippen LogP contribution in [-0.2, 0) is 9.53 Å². The number of benzene rings is 4. The highest BCUT2D eigenvalue weighted by Crippen LogP contribution is 2.35. The molecule has 5 rings (SSSR count). The molecule has 1 aliphatic rings. The van der Waals surface area contributed by atoms with Crippen LogP contribution >= 0.6 is 11.6 Å². The van der Waals surface area contributed by atoms with Crippen molar-refractivity contribution in [3.8, 4) is 11.1 Å². The standard InChI is InChI=1S/C33H31ClN2O3/c1-2-39-33(38)30(35-32(37)27-15-13-23(14-16-27)24-17-19-29(34)20-18-24)28-21-36(22-28)31(25-9-5-3-6-10-25)26-11-7-4-8-12-26/h3-20,28,30-31H,2,21-22H2,1H3,(H,35,37). The molecule has 1 fully saturated rings. The molecule has 1 unspecified atom stereocenters. The van der Waals surface area contributed by atoms with Crippen LogP contribution in [0.4, 0.5) is 0 Å². The van der Waals surface area contributed by atoms with Gasteiger partial charge in [0.25, 0.3) is 5.91 Å². The molecule has 0 aliphatic carbocycles. The van der Waals surface area contributed by atoms with Crippen LogP contribution in [-0.4, -0.2) is 42.5 Å². The quantitative estimate of drug-likeness (QED) is 0.251. The third kappa shape index (κ3) is 6.22. The van der Waals surface area contributed by atoms with E-state index in [2.05, 4.69) is 34.5 Å². The van der Waals surface area contributed by atoms with Crippen molar-refractivity contribution in [1.29, 1.82) is 0 Å². The largest absolute Gasteiger partial charge is 0.464 e. The Balaban J connectivity index is 1.30. The second kappa shape index (κ2) is 12.3. The van der Waals surface area contributed by atoms with Crippen molar-refractivity contribution in [2.45, 2.75) is 19.0 Å². The summed E-state index contributed by atoms with van der Waals surface area (Å²) >= 11 is 6.00. The maximum absolute atomic E-state index is 13.2.